The average molecular weight is 929 g/mol. The molecule has 6 atom stereocenters. The third-order valence-electron chi connectivity index (χ3n) is 11.5. The molecule has 1 aliphatic heterocycles. The van der Waals surface area contributed by atoms with Gasteiger partial charge in [-0.25, -0.2) is 4.18 Å². The molecule has 6 unspecified atom stereocenters. The smallest absolute Gasteiger partial charge is 0.397 e. The molecule has 13 heteroatoms. The number of unbranched alkanes of at least 4 members (excludes halogenated alkanes) is 23. The second-order valence-electron chi connectivity index (χ2n) is 17.4. The fourth-order valence-electron chi connectivity index (χ4n) is 7.66. The monoisotopic (exact) mass is 929 g/mol. The molecule has 0 aromatic rings. The first-order chi connectivity index (χ1) is 31.1. The molecule has 0 spiro atoms. The first kappa shape index (κ1) is 60.1. The molecule has 0 aromatic carbocycles. The Balaban J connectivity index is 2.38. The van der Waals surface area contributed by atoms with Gasteiger partial charge in [0.2, 0.25) is 0 Å². The van der Waals surface area contributed by atoms with Crippen LogP contribution in [0.25, 0.3) is 0 Å². The zero-order valence-electron chi connectivity index (χ0n) is 40.1. The molecule has 0 bridgehead atoms. The third-order valence-corrected chi connectivity index (χ3v) is 11.9. The van der Waals surface area contributed by atoms with Crippen LogP contribution < -0.4 is 0 Å². The molecule has 12 nitrogen and oxygen atoms in total. The molecular formula is C51H92O12S. The first-order valence-electron chi connectivity index (χ1n) is 25.4. The van der Waals surface area contributed by atoms with Crippen molar-refractivity contribution in [3.63, 3.8) is 0 Å². The van der Waals surface area contributed by atoms with Crippen LogP contribution >= 0.6 is 0 Å². The Hall–Kier alpha value is -1.94. The van der Waals surface area contributed by atoms with Crippen LogP contribution in [-0.4, -0.2) is 97.5 Å². The quantitative estimate of drug-likeness (QED) is 0.0197. The lowest BCUT2D eigenvalue weighted by atomic mass is 9.99. The van der Waals surface area contributed by atoms with E-state index in [1.807, 2.05) is 0 Å². The highest BCUT2D eigenvalue weighted by Crippen LogP contribution is 2.26. The van der Waals surface area contributed by atoms with Gasteiger partial charge in [0.25, 0.3) is 0 Å². The van der Waals surface area contributed by atoms with Crippen molar-refractivity contribution in [3.05, 3.63) is 48.6 Å². The number of ether oxygens (including phenoxy) is 4. The molecule has 0 amide bonds. The van der Waals surface area contributed by atoms with E-state index in [-0.39, 0.29) is 19.6 Å². The van der Waals surface area contributed by atoms with Gasteiger partial charge in [0.05, 0.1) is 19.8 Å². The molecule has 4 N–H and O–H groups in total. The molecule has 0 radical (unpaired) electrons. The Morgan fingerprint density at radius 1 is 0.609 bits per heavy atom. The van der Waals surface area contributed by atoms with Crippen LogP contribution in [-0.2, 0) is 38.3 Å². The highest BCUT2D eigenvalue weighted by atomic mass is 32.3. The average Bonchev–Trinajstić information content (AvgIpc) is 3.27. The van der Waals surface area contributed by atoms with Crippen molar-refractivity contribution in [2.75, 3.05) is 26.4 Å². The molecule has 1 fully saturated rings. The predicted octanol–water partition coefficient (Wildman–Crippen LogP) is 11.5. The number of rotatable bonds is 44. The zero-order chi connectivity index (χ0) is 46.8. The Bertz CT molecular complexity index is 1300. The minimum absolute atomic E-state index is 0.0315. The summed E-state index contributed by atoms with van der Waals surface area (Å²) in [6.07, 6.45) is 42.8. The van der Waals surface area contributed by atoms with Crippen molar-refractivity contribution in [1.82, 2.24) is 0 Å². The van der Waals surface area contributed by atoms with E-state index in [9.17, 15) is 33.1 Å². The van der Waals surface area contributed by atoms with Crippen molar-refractivity contribution in [3.8, 4) is 0 Å². The van der Waals surface area contributed by atoms with Crippen LogP contribution in [0.5, 0.6) is 0 Å². The normalized spacial score (nSPS) is 20.1. The van der Waals surface area contributed by atoms with Gasteiger partial charge in [0.1, 0.15) is 30.5 Å². The Kier molecular flexibility index (Phi) is 39.8. The lowest BCUT2D eigenvalue weighted by Crippen LogP contribution is -2.60. The maximum atomic E-state index is 12.9. The number of aliphatic hydroxyl groups excluding tert-OH is 3. The van der Waals surface area contributed by atoms with Gasteiger partial charge >= 0.3 is 16.4 Å². The summed E-state index contributed by atoms with van der Waals surface area (Å²) in [4.78, 5) is 12.9. The first-order valence-corrected chi connectivity index (χ1v) is 26.8. The van der Waals surface area contributed by atoms with E-state index in [1.54, 1.807) is 0 Å². The lowest BCUT2D eigenvalue weighted by Gasteiger charge is -2.41. The number of carbonyl (C=O) groups is 1. The van der Waals surface area contributed by atoms with E-state index in [0.29, 0.717) is 13.0 Å². The standard InChI is InChI=1S/C51H92O12S/c1-3-5-7-9-11-13-15-17-19-21-23-24-26-28-30-32-34-36-38-40-47(53)61-45(44-60-51-49(55)50(63-64(56,57)58)48(54)46(42-52)62-51)43-59-41-39-37-35-33-31-29-27-25-22-20-18-16-14-12-10-8-6-4-2/h5,7,11,13,17,19,23-24,45-46,48-52,54-55H,3-4,6,8-10,12,14-16,18,20-22,25-44H2,1-2H3,(H,56,57,58)/b7-5-,13-11-,19-17-,24-23-. The number of hydrogen-bond acceptors (Lipinski definition) is 11. The summed E-state index contributed by atoms with van der Waals surface area (Å²) in [6, 6.07) is 0. The van der Waals surface area contributed by atoms with Crippen molar-refractivity contribution in [2.45, 2.75) is 243 Å². The minimum Gasteiger partial charge on any atom is -0.457 e. The number of carbonyl (C=O) groups excluding carboxylic acids is 1. The highest BCUT2D eigenvalue weighted by Gasteiger charge is 2.48. The SMILES string of the molecule is CC/C=C\C/C=C\C/C=C\C/C=C\CCCCCCCCC(=O)OC(COCCCCCCCCCCCCCCCCCCCC)COC1OC(CO)C(O)C(OS(=O)(=O)O)C1O. The van der Waals surface area contributed by atoms with Crippen LogP contribution in [0.1, 0.15) is 206 Å². The van der Waals surface area contributed by atoms with Gasteiger partial charge in [-0.05, 0) is 51.4 Å². The van der Waals surface area contributed by atoms with Crippen LogP contribution in [0, 0.1) is 0 Å². The molecule has 1 aliphatic rings. The van der Waals surface area contributed by atoms with Crippen molar-refractivity contribution < 1.29 is 56.2 Å². The third kappa shape index (κ3) is 35.3. The highest BCUT2D eigenvalue weighted by molar-refractivity contribution is 7.80. The second kappa shape index (κ2) is 42.4. The fraction of sp³-hybridized carbons (Fsp3) is 0.824. The van der Waals surface area contributed by atoms with Gasteiger partial charge in [0, 0.05) is 13.0 Å². The zero-order valence-corrected chi connectivity index (χ0v) is 40.9. The van der Waals surface area contributed by atoms with Crippen molar-refractivity contribution >= 4 is 16.4 Å². The molecule has 1 saturated heterocycles. The number of allylic oxidation sites excluding steroid dienone is 8. The van der Waals surface area contributed by atoms with E-state index in [0.717, 1.165) is 83.5 Å². The van der Waals surface area contributed by atoms with Gasteiger partial charge in [-0.2, -0.15) is 8.42 Å². The molecule has 0 saturated carbocycles. The number of hydrogen-bond donors (Lipinski definition) is 4. The van der Waals surface area contributed by atoms with Gasteiger partial charge in [-0.1, -0.05) is 197 Å². The summed E-state index contributed by atoms with van der Waals surface area (Å²) < 4.78 is 59.2. The summed E-state index contributed by atoms with van der Waals surface area (Å²) in [6.45, 7) is 3.89. The van der Waals surface area contributed by atoms with Gasteiger partial charge in [0.15, 0.2) is 6.29 Å². The largest absolute Gasteiger partial charge is 0.457 e. The van der Waals surface area contributed by atoms with Gasteiger partial charge in [-0.3, -0.25) is 9.35 Å². The van der Waals surface area contributed by atoms with Crippen molar-refractivity contribution in [2.24, 2.45) is 0 Å². The molecule has 1 heterocycles. The van der Waals surface area contributed by atoms with E-state index in [2.05, 4.69) is 66.6 Å². The van der Waals surface area contributed by atoms with Crippen LogP contribution in [0.3, 0.4) is 0 Å². The van der Waals surface area contributed by atoms with E-state index < -0.39 is 59.8 Å². The Morgan fingerprint density at radius 3 is 1.58 bits per heavy atom. The summed E-state index contributed by atoms with van der Waals surface area (Å²) in [7, 11) is -5.07. The van der Waals surface area contributed by atoms with Gasteiger partial charge in [-0.15, -0.1) is 0 Å². The molecule has 1 rings (SSSR count). The van der Waals surface area contributed by atoms with Crippen molar-refractivity contribution in [1.29, 1.82) is 0 Å². The fourth-order valence-corrected chi connectivity index (χ4v) is 8.17. The van der Waals surface area contributed by atoms with Gasteiger partial charge < -0.3 is 34.3 Å². The summed E-state index contributed by atoms with van der Waals surface area (Å²) >= 11 is 0. The number of esters is 1. The van der Waals surface area contributed by atoms with Crippen LogP contribution in [0.4, 0.5) is 0 Å². The molecule has 0 aliphatic carbocycles. The van der Waals surface area contributed by atoms with Crippen LogP contribution in [0.15, 0.2) is 48.6 Å². The summed E-state index contributed by atoms with van der Waals surface area (Å²) in [5.41, 5.74) is 0. The van der Waals surface area contributed by atoms with Crippen LogP contribution in [0.2, 0.25) is 0 Å². The molecular weight excluding hydrogens is 837 g/mol. The number of aliphatic hydroxyl groups is 3. The predicted molar refractivity (Wildman–Crippen MR) is 257 cm³/mol. The summed E-state index contributed by atoms with van der Waals surface area (Å²) in [5.74, 6) is -0.411. The van der Waals surface area contributed by atoms with E-state index >= 15 is 0 Å². The maximum absolute atomic E-state index is 12.9. The summed E-state index contributed by atoms with van der Waals surface area (Å²) in [5, 5.41) is 30.7. The Labute approximate surface area is 389 Å². The lowest BCUT2D eigenvalue weighted by molar-refractivity contribution is -0.301. The van der Waals surface area contributed by atoms with E-state index in [1.165, 1.54) is 96.3 Å². The second-order valence-corrected chi connectivity index (χ2v) is 18.4. The van der Waals surface area contributed by atoms with E-state index in [4.69, 9.17) is 18.9 Å². The topological polar surface area (TPSA) is 178 Å². The Morgan fingerprint density at radius 2 is 1.08 bits per heavy atom. The molecule has 64 heavy (non-hydrogen) atoms. The maximum Gasteiger partial charge on any atom is 0.397 e. The minimum atomic E-state index is -5.07. The molecule has 374 valence electrons. The molecule has 0 aromatic heterocycles.